The van der Waals surface area contributed by atoms with Crippen molar-refractivity contribution in [3.05, 3.63) is 97.9 Å². The fraction of sp³-hybridized carbons (Fsp3) is 0.120. The Bertz CT molecular complexity index is 1330. The topological polar surface area (TPSA) is 99.0 Å². The largest absolute Gasteiger partial charge is 0.490 e. The van der Waals surface area contributed by atoms with Crippen molar-refractivity contribution >= 4 is 52.0 Å². The van der Waals surface area contributed by atoms with Crippen molar-refractivity contribution in [1.29, 1.82) is 0 Å². The first-order valence-electron chi connectivity index (χ1n) is 10.5. The van der Waals surface area contributed by atoms with Crippen LogP contribution in [0.2, 0.25) is 5.02 Å². The highest BCUT2D eigenvalue weighted by molar-refractivity contribution is 8.19. The molecule has 1 aliphatic rings. The molecule has 2 amide bonds. The number of halogens is 1. The van der Waals surface area contributed by atoms with Crippen LogP contribution in [0.5, 0.6) is 11.5 Å². The zero-order valence-electron chi connectivity index (χ0n) is 18.5. The van der Waals surface area contributed by atoms with Gasteiger partial charge >= 0.3 is 0 Å². The summed E-state index contributed by atoms with van der Waals surface area (Å²) in [6, 6.07) is 18.1. The van der Waals surface area contributed by atoms with Gasteiger partial charge in [-0.15, -0.1) is 0 Å². The molecule has 0 radical (unpaired) electrons. The number of para-hydroxylation sites is 1. The Hall–Kier alpha value is -3.82. The van der Waals surface area contributed by atoms with Gasteiger partial charge in [0.1, 0.15) is 6.61 Å². The van der Waals surface area contributed by atoms with Crippen LogP contribution in [0, 0.1) is 10.1 Å². The van der Waals surface area contributed by atoms with Gasteiger partial charge in [0.05, 0.1) is 27.1 Å². The highest BCUT2D eigenvalue weighted by atomic mass is 35.5. The van der Waals surface area contributed by atoms with E-state index in [0.29, 0.717) is 29.2 Å². The molecule has 1 saturated heterocycles. The first-order chi connectivity index (χ1) is 16.9. The van der Waals surface area contributed by atoms with Gasteiger partial charge in [0, 0.05) is 12.1 Å². The van der Waals surface area contributed by atoms with Crippen LogP contribution < -0.4 is 14.4 Å². The number of nitrogens with zero attached hydrogens (tertiary/aromatic N) is 2. The van der Waals surface area contributed by atoms with Crippen LogP contribution in [-0.2, 0) is 11.4 Å². The number of amides is 2. The fourth-order valence-electron chi connectivity index (χ4n) is 3.41. The number of carbonyl (C=O) groups is 2. The molecule has 1 fully saturated rings. The predicted octanol–water partition coefficient (Wildman–Crippen LogP) is 6.47. The van der Waals surface area contributed by atoms with Crippen LogP contribution in [0.4, 0.5) is 16.2 Å². The van der Waals surface area contributed by atoms with E-state index in [-0.39, 0.29) is 33.2 Å². The predicted molar refractivity (Wildman–Crippen MR) is 135 cm³/mol. The molecule has 35 heavy (non-hydrogen) atoms. The lowest BCUT2D eigenvalue weighted by molar-refractivity contribution is -0.384. The standard InChI is InChI=1S/C25H19ClN2O6S/c1-2-33-21-13-17(14-22-24(29)27(25(30)35-22)18-8-4-3-5-9-18)12-20(26)23(21)34-15-16-7-6-10-19(11-16)28(31)32/h3-14H,2,15H2,1H3/b22-14-. The smallest absolute Gasteiger partial charge is 0.298 e. The summed E-state index contributed by atoms with van der Waals surface area (Å²) < 4.78 is 11.5. The third-order valence-corrected chi connectivity index (χ3v) is 6.09. The molecule has 0 bridgehead atoms. The summed E-state index contributed by atoms with van der Waals surface area (Å²) in [4.78, 5) is 37.3. The minimum absolute atomic E-state index is 0.0385. The maximum absolute atomic E-state index is 12.9. The lowest BCUT2D eigenvalue weighted by atomic mass is 10.1. The van der Waals surface area contributed by atoms with Gasteiger partial charge in [-0.3, -0.25) is 19.7 Å². The van der Waals surface area contributed by atoms with Gasteiger partial charge in [-0.1, -0.05) is 41.9 Å². The molecule has 1 heterocycles. The Morgan fingerprint density at radius 1 is 1.06 bits per heavy atom. The van der Waals surface area contributed by atoms with Crippen LogP contribution in [-0.4, -0.2) is 22.7 Å². The first-order valence-corrected chi connectivity index (χ1v) is 11.7. The van der Waals surface area contributed by atoms with Gasteiger partial charge in [-0.05, 0) is 60.2 Å². The van der Waals surface area contributed by atoms with Crippen LogP contribution in [0.1, 0.15) is 18.1 Å². The third-order valence-electron chi connectivity index (χ3n) is 4.94. The van der Waals surface area contributed by atoms with Crippen molar-refractivity contribution in [3.8, 4) is 11.5 Å². The second kappa shape index (κ2) is 10.6. The quantitative estimate of drug-likeness (QED) is 0.194. The number of nitro benzene ring substituents is 1. The lowest BCUT2D eigenvalue weighted by Crippen LogP contribution is -2.27. The van der Waals surface area contributed by atoms with Gasteiger partial charge in [-0.25, -0.2) is 4.90 Å². The molecule has 178 valence electrons. The number of hydrogen-bond donors (Lipinski definition) is 0. The van der Waals surface area contributed by atoms with Gasteiger partial charge in [-0.2, -0.15) is 0 Å². The number of benzene rings is 3. The number of thioether (sulfide) groups is 1. The SMILES string of the molecule is CCOc1cc(/C=C2\SC(=O)N(c3ccccc3)C2=O)cc(Cl)c1OCc1cccc([N+](=O)[O-])c1. The molecule has 0 N–H and O–H groups in total. The van der Waals surface area contributed by atoms with Crippen molar-refractivity contribution in [2.24, 2.45) is 0 Å². The second-order valence-electron chi connectivity index (χ2n) is 7.33. The van der Waals surface area contributed by atoms with Crippen LogP contribution >= 0.6 is 23.4 Å². The van der Waals surface area contributed by atoms with E-state index in [1.807, 2.05) is 0 Å². The van der Waals surface area contributed by atoms with E-state index >= 15 is 0 Å². The molecule has 3 aromatic rings. The van der Waals surface area contributed by atoms with Crippen molar-refractivity contribution < 1.29 is 24.0 Å². The first kappa shape index (κ1) is 24.3. The number of nitro groups is 1. The Kier molecular flexibility index (Phi) is 7.38. The Morgan fingerprint density at radius 3 is 2.54 bits per heavy atom. The van der Waals surface area contributed by atoms with Gasteiger partial charge in [0.2, 0.25) is 0 Å². The number of hydrogen-bond acceptors (Lipinski definition) is 7. The van der Waals surface area contributed by atoms with Crippen molar-refractivity contribution in [2.45, 2.75) is 13.5 Å². The minimum Gasteiger partial charge on any atom is -0.490 e. The van der Waals surface area contributed by atoms with E-state index in [9.17, 15) is 19.7 Å². The Morgan fingerprint density at radius 2 is 1.83 bits per heavy atom. The highest BCUT2D eigenvalue weighted by Gasteiger charge is 2.36. The number of anilines is 1. The molecule has 0 aromatic heterocycles. The summed E-state index contributed by atoms with van der Waals surface area (Å²) in [5.74, 6) is 0.194. The summed E-state index contributed by atoms with van der Waals surface area (Å²) in [7, 11) is 0. The maximum atomic E-state index is 12.9. The summed E-state index contributed by atoms with van der Waals surface area (Å²) >= 11 is 7.32. The molecule has 0 atom stereocenters. The van der Waals surface area contributed by atoms with Crippen LogP contribution in [0.25, 0.3) is 6.08 Å². The summed E-state index contributed by atoms with van der Waals surface area (Å²) in [5.41, 5.74) is 1.61. The van der Waals surface area contributed by atoms with Crippen molar-refractivity contribution in [2.75, 3.05) is 11.5 Å². The number of carbonyl (C=O) groups excluding carboxylic acids is 2. The van der Waals surface area contributed by atoms with Crippen LogP contribution in [0.15, 0.2) is 71.6 Å². The summed E-state index contributed by atoms with van der Waals surface area (Å²) in [6.45, 7) is 2.17. The minimum atomic E-state index is -0.476. The van der Waals surface area contributed by atoms with E-state index in [2.05, 4.69) is 0 Å². The Balaban J connectivity index is 1.59. The van der Waals surface area contributed by atoms with E-state index in [0.717, 1.165) is 16.7 Å². The number of ether oxygens (including phenoxy) is 2. The van der Waals surface area contributed by atoms with Crippen molar-refractivity contribution in [3.63, 3.8) is 0 Å². The number of imide groups is 1. The fourth-order valence-corrected chi connectivity index (χ4v) is 4.52. The molecule has 0 spiro atoms. The summed E-state index contributed by atoms with van der Waals surface area (Å²) in [6.07, 6.45) is 1.58. The zero-order chi connectivity index (χ0) is 24.9. The molecule has 4 rings (SSSR count). The molecule has 0 unspecified atom stereocenters. The Labute approximate surface area is 210 Å². The molecular formula is C25H19ClN2O6S. The zero-order valence-corrected chi connectivity index (χ0v) is 20.0. The normalized spacial score (nSPS) is 14.5. The molecule has 0 aliphatic carbocycles. The molecule has 1 aliphatic heterocycles. The van der Waals surface area contributed by atoms with E-state index in [1.54, 1.807) is 67.6 Å². The number of non-ortho nitro benzene ring substituents is 1. The van der Waals surface area contributed by atoms with E-state index in [1.165, 1.54) is 12.1 Å². The molecular weight excluding hydrogens is 492 g/mol. The van der Waals surface area contributed by atoms with Crippen LogP contribution in [0.3, 0.4) is 0 Å². The lowest BCUT2D eigenvalue weighted by Gasteiger charge is -2.15. The molecule has 8 nitrogen and oxygen atoms in total. The average Bonchev–Trinajstić information content (AvgIpc) is 3.12. The van der Waals surface area contributed by atoms with Gasteiger partial charge in [0.25, 0.3) is 16.8 Å². The van der Waals surface area contributed by atoms with Crippen molar-refractivity contribution in [1.82, 2.24) is 0 Å². The number of rotatable bonds is 8. The average molecular weight is 511 g/mol. The molecule has 0 saturated carbocycles. The van der Waals surface area contributed by atoms with E-state index < -0.39 is 10.8 Å². The van der Waals surface area contributed by atoms with Gasteiger partial charge < -0.3 is 9.47 Å². The van der Waals surface area contributed by atoms with Gasteiger partial charge in [0.15, 0.2) is 11.5 Å². The third kappa shape index (κ3) is 5.47. The molecule has 10 heteroatoms. The van der Waals surface area contributed by atoms with E-state index in [4.69, 9.17) is 21.1 Å². The maximum Gasteiger partial charge on any atom is 0.298 e. The molecule has 3 aromatic carbocycles. The highest BCUT2D eigenvalue weighted by Crippen LogP contribution is 2.40. The summed E-state index contributed by atoms with van der Waals surface area (Å²) in [5, 5.41) is 10.9. The second-order valence-corrected chi connectivity index (χ2v) is 8.73. The monoisotopic (exact) mass is 510 g/mol.